The maximum absolute atomic E-state index is 6.06. The van der Waals surface area contributed by atoms with Gasteiger partial charge in [0.25, 0.3) is 0 Å². The molecule has 0 radical (unpaired) electrons. The molecule has 1 aromatic heterocycles. The molecule has 1 aromatic rings. The summed E-state index contributed by atoms with van der Waals surface area (Å²) in [5, 5.41) is 1.30. The first-order valence-corrected chi connectivity index (χ1v) is 9.90. The Kier molecular flexibility index (Phi) is 7.76. The lowest BCUT2D eigenvalue weighted by Gasteiger charge is -2.27. The van der Waals surface area contributed by atoms with Gasteiger partial charge in [0.1, 0.15) is 0 Å². The molecule has 0 saturated carbocycles. The van der Waals surface area contributed by atoms with E-state index in [0.717, 1.165) is 38.4 Å². The first kappa shape index (κ1) is 18.3. The van der Waals surface area contributed by atoms with Gasteiger partial charge in [0, 0.05) is 42.4 Å². The van der Waals surface area contributed by atoms with E-state index in [1.165, 1.54) is 52.8 Å². The van der Waals surface area contributed by atoms with E-state index >= 15 is 0 Å². The van der Waals surface area contributed by atoms with Gasteiger partial charge in [-0.2, -0.15) is 11.8 Å². The van der Waals surface area contributed by atoms with Crippen LogP contribution in [-0.4, -0.2) is 47.0 Å². The SMILES string of the molecule is I.NC(=NCCCc1nc2c(s1)CCCC2)N1CCSCC1. The molecule has 4 nitrogen and oxygen atoms in total. The Morgan fingerprint density at radius 3 is 2.77 bits per heavy atom. The van der Waals surface area contributed by atoms with E-state index in [2.05, 4.69) is 9.89 Å². The Bertz CT molecular complexity index is 474. The summed E-state index contributed by atoms with van der Waals surface area (Å²) in [6.07, 6.45) is 7.17. The highest BCUT2D eigenvalue weighted by Crippen LogP contribution is 2.27. The first-order valence-electron chi connectivity index (χ1n) is 7.93. The minimum Gasteiger partial charge on any atom is -0.370 e. The number of fused-ring (bicyclic) bond motifs is 1. The lowest BCUT2D eigenvalue weighted by atomic mass is 10.0. The Labute approximate surface area is 158 Å². The number of rotatable bonds is 4. The number of nitrogens with two attached hydrogens (primary N) is 1. The number of aliphatic imine (C=N–C) groups is 1. The largest absolute Gasteiger partial charge is 0.370 e. The number of hydrogen-bond donors (Lipinski definition) is 1. The lowest BCUT2D eigenvalue weighted by Crippen LogP contribution is -2.42. The maximum Gasteiger partial charge on any atom is 0.191 e. The predicted octanol–water partition coefficient (Wildman–Crippen LogP) is 2.94. The van der Waals surface area contributed by atoms with Crippen LogP contribution in [0.25, 0.3) is 0 Å². The summed E-state index contributed by atoms with van der Waals surface area (Å²) in [4.78, 5) is 13.1. The number of nitrogens with zero attached hydrogens (tertiary/aromatic N) is 3. The Morgan fingerprint density at radius 1 is 1.23 bits per heavy atom. The van der Waals surface area contributed by atoms with Gasteiger partial charge in [-0.1, -0.05) is 0 Å². The smallest absolute Gasteiger partial charge is 0.191 e. The van der Waals surface area contributed by atoms with Crippen LogP contribution in [0.5, 0.6) is 0 Å². The van der Waals surface area contributed by atoms with Gasteiger partial charge in [-0.05, 0) is 32.1 Å². The van der Waals surface area contributed by atoms with E-state index in [-0.39, 0.29) is 24.0 Å². The van der Waals surface area contributed by atoms with E-state index < -0.39 is 0 Å². The lowest BCUT2D eigenvalue weighted by molar-refractivity contribution is 0.455. The molecule has 0 atom stereocenters. The van der Waals surface area contributed by atoms with Crippen molar-refractivity contribution in [2.75, 3.05) is 31.1 Å². The average Bonchev–Trinajstić information content (AvgIpc) is 2.95. The predicted molar refractivity (Wildman–Crippen MR) is 108 cm³/mol. The average molecular weight is 452 g/mol. The Morgan fingerprint density at radius 2 is 2.00 bits per heavy atom. The molecule has 0 unspecified atom stereocenters. The van der Waals surface area contributed by atoms with Crippen molar-refractivity contribution in [3.63, 3.8) is 0 Å². The summed E-state index contributed by atoms with van der Waals surface area (Å²) in [6.45, 7) is 2.90. The quantitative estimate of drug-likeness (QED) is 0.331. The van der Waals surface area contributed by atoms with Gasteiger partial charge in [-0.3, -0.25) is 4.99 Å². The molecule has 1 aliphatic carbocycles. The number of aromatic nitrogens is 1. The number of halogens is 1. The minimum atomic E-state index is 0. The summed E-state index contributed by atoms with van der Waals surface area (Å²) in [5.74, 6) is 3.07. The number of hydrogen-bond acceptors (Lipinski definition) is 4. The fourth-order valence-corrected chi connectivity index (χ4v) is 4.93. The second-order valence-electron chi connectivity index (χ2n) is 5.63. The third-order valence-corrected chi connectivity index (χ3v) is 6.21. The molecule has 1 fully saturated rings. The Hall–Kier alpha value is -0.0200. The molecule has 2 aliphatic rings. The summed E-state index contributed by atoms with van der Waals surface area (Å²) < 4.78 is 0. The first-order chi connectivity index (χ1) is 10.3. The molecule has 0 spiro atoms. The monoisotopic (exact) mass is 452 g/mol. The van der Waals surface area contributed by atoms with E-state index in [4.69, 9.17) is 10.7 Å². The molecule has 1 aliphatic heterocycles. The summed E-state index contributed by atoms with van der Waals surface area (Å²) >= 11 is 3.91. The van der Waals surface area contributed by atoms with Crippen molar-refractivity contribution in [3.8, 4) is 0 Å². The third kappa shape index (κ3) is 4.99. The zero-order valence-corrected chi connectivity index (χ0v) is 16.9. The number of aryl methyl sites for hydroxylation is 3. The Balaban J connectivity index is 0.00000176. The highest BCUT2D eigenvalue weighted by molar-refractivity contribution is 14.0. The van der Waals surface area contributed by atoms with Crippen LogP contribution in [0.4, 0.5) is 0 Å². The molecular weight excluding hydrogens is 427 g/mol. The molecule has 22 heavy (non-hydrogen) atoms. The van der Waals surface area contributed by atoms with Crippen LogP contribution in [0, 0.1) is 0 Å². The van der Waals surface area contributed by atoms with Crippen LogP contribution < -0.4 is 5.73 Å². The molecule has 3 rings (SSSR count). The van der Waals surface area contributed by atoms with E-state index in [0.29, 0.717) is 0 Å². The van der Waals surface area contributed by atoms with Crippen molar-refractivity contribution in [2.24, 2.45) is 10.7 Å². The molecule has 124 valence electrons. The van der Waals surface area contributed by atoms with Gasteiger partial charge < -0.3 is 10.6 Å². The number of thioether (sulfide) groups is 1. The molecule has 7 heteroatoms. The van der Waals surface area contributed by atoms with Crippen LogP contribution in [0.15, 0.2) is 4.99 Å². The maximum atomic E-state index is 6.06. The van der Waals surface area contributed by atoms with E-state index in [9.17, 15) is 0 Å². The molecule has 2 N–H and O–H groups in total. The van der Waals surface area contributed by atoms with Gasteiger partial charge in [-0.25, -0.2) is 4.98 Å². The summed E-state index contributed by atoms with van der Waals surface area (Å²) in [7, 11) is 0. The fraction of sp³-hybridized carbons (Fsp3) is 0.733. The van der Waals surface area contributed by atoms with Gasteiger partial charge in [0.2, 0.25) is 0 Å². The summed E-state index contributed by atoms with van der Waals surface area (Å²) in [6, 6.07) is 0. The van der Waals surface area contributed by atoms with Crippen LogP contribution in [0.2, 0.25) is 0 Å². The van der Waals surface area contributed by atoms with Crippen LogP contribution in [0.1, 0.15) is 34.8 Å². The van der Waals surface area contributed by atoms with Gasteiger partial charge in [0.05, 0.1) is 10.7 Å². The standard InChI is InChI=1S/C15H24N4S2.HI/c16-15(19-8-10-20-11-9-19)17-7-3-6-14-18-12-4-1-2-5-13(12)21-14;/h1-11H2,(H2,16,17);1H. The van der Waals surface area contributed by atoms with Crippen LogP contribution in [-0.2, 0) is 19.3 Å². The summed E-state index contributed by atoms with van der Waals surface area (Å²) in [5.41, 5.74) is 7.43. The fourth-order valence-electron chi connectivity index (χ4n) is 2.83. The minimum absolute atomic E-state index is 0. The molecule has 0 amide bonds. The molecule has 0 bridgehead atoms. The van der Waals surface area contributed by atoms with Gasteiger partial charge in [-0.15, -0.1) is 35.3 Å². The molecule has 1 saturated heterocycles. The van der Waals surface area contributed by atoms with Crippen molar-refractivity contribution in [3.05, 3.63) is 15.6 Å². The third-order valence-electron chi connectivity index (χ3n) is 4.05. The zero-order valence-electron chi connectivity index (χ0n) is 12.9. The van der Waals surface area contributed by atoms with Crippen LogP contribution in [0.3, 0.4) is 0 Å². The number of guanidine groups is 1. The number of thiazole rings is 1. The molecular formula is C15H25IN4S2. The second kappa shape index (κ2) is 9.32. The van der Waals surface area contributed by atoms with Crippen LogP contribution >= 0.6 is 47.1 Å². The normalized spacial score (nSPS) is 18.7. The highest BCUT2D eigenvalue weighted by Gasteiger charge is 2.15. The van der Waals surface area contributed by atoms with E-state index in [1.54, 1.807) is 0 Å². The van der Waals surface area contributed by atoms with Crippen molar-refractivity contribution < 1.29 is 0 Å². The van der Waals surface area contributed by atoms with Gasteiger partial charge in [0.15, 0.2) is 5.96 Å². The van der Waals surface area contributed by atoms with Crippen molar-refractivity contribution in [1.29, 1.82) is 0 Å². The molecule has 2 heterocycles. The topological polar surface area (TPSA) is 54.5 Å². The zero-order chi connectivity index (χ0) is 14.5. The highest BCUT2D eigenvalue weighted by atomic mass is 127. The molecule has 0 aromatic carbocycles. The van der Waals surface area contributed by atoms with Crippen molar-refractivity contribution in [1.82, 2.24) is 9.88 Å². The van der Waals surface area contributed by atoms with E-state index in [1.807, 2.05) is 23.1 Å². The van der Waals surface area contributed by atoms with Crippen molar-refractivity contribution in [2.45, 2.75) is 38.5 Å². The second-order valence-corrected chi connectivity index (χ2v) is 8.02. The van der Waals surface area contributed by atoms with Gasteiger partial charge >= 0.3 is 0 Å². The van der Waals surface area contributed by atoms with Crippen molar-refractivity contribution >= 4 is 53.0 Å².